The summed E-state index contributed by atoms with van der Waals surface area (Å²) in [6.45, 7) is 6.89. The molecule has 0 heterocycles. The molecule has 1 N–H and O–H groups in total. The number of carboxylic acids is 1. The van der Waals surface area contributed by atoms with Crippen molar-refractivity contribution in [1.29, 1.82) is 0 Å². The van der Waals surface area contributed by atoms with E-state index in [1.807, 2.05) is 6.92 Å². The SMILES string of the molecule is Cc1ccc(C(=O)N(CC(=O)O)C(C)(C)C)cc1Cl. The lowest BCUT2D eigenvalue weighted by atomic mass is 10.0. The molecule has 0 unspecified atom stereocenters. The summed E-state index contributed by atoms with van der Waals surface area (Å²) in [5.41, 5.74) is 0.692. The Balaban J connectivity index is 3.12. The van der Waals surface area contributed by atoms with Gasteiger partial charge in [-0.3, -0.25) is 9.59 Å². The summed E-state index contributed by atoms with van der Waals surface area (Å²) in [6.07, 6.45) is 0. The molecule has 4 nitrogen and oxygen atoms in total. The van der Waals surface area contributed by atoms with E-state index in [0.717, 1.165) is 5.56 Å². The first kappa shape index (κ1) is 15.5. The zero-order valence-electron chi connectivity index (χ0n) is 11.5. The van der Waals surface area contributed by atoms with E-state index in [9.17, 15) is 9.59 Å². The fourth-order valence-corrected chi connectivity index (χ4v) is 1.81. The fourth-order valence-electron chi connectivity index (χ4n) is 1.63. The molecule has 0 aromatic heterocycles. The Kier molecular flexibility index (Phi) is 4.58. The van der Waals surface area contributed by atoms with Gasteiger partial charge in [-0.2, -0.15) is 0 Å². The Morgan fingerprint density at radius 2 is 1.89 bits per heavy atom. The molecular formula is C14H18ClNO3. The van der Waals surface area contributed by atoms with E-state index in [1.165, 1.54) is 4.90 Å². The third-order valence-corrected chi connectivity index (χ3v) is 3.17. The molecule has 19 heavy (non-hydrogen) atoms. The van der Waals surface area contributed by atoms with E-state index in [1.54, 1.807) is 39.0 Å². The van der Waals surface area contributed by atoms with E-state index in [2.05, 4.69) is 0 Å². The zero-order valence-corrected chi connectivity index (χ0v) is 12.3. The Hall–Kier alpha value is -1.55. The van der Waals surface area contributed by atoms with Crippen LogP contribution in [0.3, 0.4) is 0 Å². The Bertz CT molecular complexity index is 506. The van der Waals surface area contributed by atoms with Crippen molar-refractivity contribution in [2.75, 3.05) is 6.54 Å². The van der Waals surface area contributed by atoms with Gasteiger partial charge in [-0.05, 0) is 45.4 Å². The van der Waals surface area contributed by atoms with Crippen molar-refractivity contribution in [1.82, 2.24) is 4.90 Å². The highest BCUT2D eigenvalue weighted by Crippen LogP contribution is 2.21. The Labute approximate surface area is 118 Å². The number of aliphatic carboxylic acids is 1. The van der Waals surface area contributed by atoms with Crippen LogP contribution < -0.4 is 0 Å². The molecule has 5 heteroatoms. The van der Waals surface area contributed by atoms with E-state index in [-0.39, 0.29) is 12.5 Å². The largest absolute Gasteiger partial charge is 0.480 e. The molecule has 0 aliphatic rings. The van der Waals surface area contributed by atoms with Gasteiger partial charge < -0.3 is 10.0 Å². The van der Waals surface area contributed by atoms with Crippen LogP contribution in [0.25, 0.3) is 0 Å². The van der Waals surface area contributed by atoms with Crippen LogP contribution in [0.1, 0.15) is 36.7 Å². The van der Waals surface area contributed by atoms with Crippen molar-refractivity contribution in [2.45, 2.75) is 33.2 Å². The lowest BCUT2D eigenvalue weighted by Crippen LogP contribution is -2.48. The maximum atomic E-state index is 12.4. The molecule has 0 bridgehead atoms. The van der Waals surface area contributed by atoms with Crippen molar-refractivity contribution >= 4 is 23.5 Å². The van der Waals surface area contributed by atoms with Crippen LogP contribution in [0.2, 0.25) is 5.02 Å². The summed E-state index contributed by atoms with van der Waals surface area (Å²) < 4.78 is 0. The first-order valence-corrected chi connectivity index (χ1v) is 6.30. The number of halogens is 1. The van der Waals surface area contributed by atoms with Crippen molar-refractivity contribution in [3.63, 3.8) is 0 Å². The molecule has 0 radical (unpaired) electrons. The van der Waals surface area contributed by atoms with Gasteiger partial charge in [-0.1, -0.05) is 17.7 Å². The molecule has 1 amide bonds. The number of hydrogen-bond donors (Lipinski definition) is 1. The number of carbonyl (C=O) groups is 2. The molecule has 0 aliphatic heterocycles. The second-order valence-corrected chi connectivity index (χ2v) is 5.83. The highest BCUT2D eigenvalue weighted by molar-refractivity contribution is 6.31. The standard InChI is InChI=1S/C14H18ClNO3/c1-9-5-6-10(7-11(9)15)13(19)16(8-12(17)18)14(2,3)4/h5-7H,8H2,1-4H3,(H,17,18). The second kappa shape index (κ2) is 5.61. The lowest BCUT2D eigenvalue weighted by Gasteiger charge is -2.34. The van der Waals surface area contributed by atoms with Gasteiger partial charge >= 0.3 is 5.97 Å². The second-order valence-electron chi connectivity index (χ2n) is 5.42. The van der Waals surface area contributed by atoms with Gasteiger partial charge in [-0.15, -0.1) is 0 Å². The van der Waals surface area contributed by atoms with E-state index in [4.69, 9.17) is 16.7 Å². The first-order valence-electron chi connectivity index (χ1n) is 5.93. The third-order valence-electron chi connectivity index (χ3n) is 2.77. The van der Waals surface area contributed by atoms with Gasteiger partial charge in [0, 0.05) is 16.1 Å². The normalized spacial score (nSPS) is 11.2. The molecule has 1 aromatic carbocycles. The molecular weight excluding hydrogens is 266 g/mol. The number of aryl methyl sites for hydroxylation is 1. The number of amides is 1. The average Bonchev–Trinajstić information content (AvgIpc) is 2.27. The minimum Gasteiger partial charge on any atom is -0.480 e. The quantitative estimate of drug-likeness (QED) is 0.928. The van der Waals surface area contributed by atoms with E-state index >= 15 is 0 Å². The Morgan fingerprint density at radius 3 is 2.32 bits per heavy atom. The minimum atomic E-state index is -1.04. The minimum absolute atomic E-state index is 0.336. The van der Waals surface area contributed by atoms with Crippen LogP contribution in [0, 0.1) is 6.92 Å². The van der Waals surface area contributed by atoms with Gasteiger partial charge in [0.15, 0.2) is 0 Å². The predicted molar refractivity (Wildman–Crippen MR) is 74.6 cm³/mol. The number of nitrogens with zero attached hydrogens (tertiary/aromatic N) is 1. The van der Waals surface area contributed by atoms with Crippen molar-refractivity contribution in [3.05, 3.63) is 34.3 Å². The summed E-state index contributed by atoms with van der Waals surface area (Å²) in [5.74, 6) is -1.38. The molecule has 0 fully saturated rings. The number of carboxylic acid groups (broad SMARTS) is 1. The molecule has 0 saturated carbocycles. The first-order chi connectivity index (χ1) is 8.62. The van der Waals surface area contributed by atoms with Gasteiger partial charge in [0.05, 0.1) is 0 Å². The molecule has 0 saturated heterocycles. The van der Waals surface area contributed by atoms with Gasteiger partial charge in [0.25, 0.3) is 5.91 Å². The fraction of sp³-hybridized carbons (Fsp3) is 0.429. The van der Waals surface area contributed by atoms with Crippen LogP contribution in [0.15, 0.2) is 18.2 Å². The van der Waals surface area contributed by atoms with Crippen LogP contribution in [0.5, 0.6) is 0 Å². The van der Waals surface area contributed by atoms with Gasteiger partial charge in [-0.25, -0.2) is 0 Å². The van der Waals surface area contributed by atoms with Crippen molar-refractivity contribution < 1.29 is 14.7 Å². The number of carbonyl (C=O) groups excluding carboxylic acids is 1. The van der Waals surface area contributed by atoms with Crippen molar-refractivity contribution in [2.24, 2.45) is 0 Å². The summed E-state index contributed by atoms with van der Waals surface area (Å²) in [5, 5.41) is 9.42. The number of hydrogen-bond acceptors (Lipinski definition) is 2. The van der Waals surface area contributed by atoms with Gasteiger partial charge in [0.2, 0.25) is 0 Å². The van der Waals surface area contributed by atoms with Crippen LogP contribution in [0.4, 0.5) is 0 Å². The number of benzene rings is 1. The van der Waals surface area contributed by atoms with Crippen LogP contribution in [-0.4, -0.2) is 34.0 Å². The maximum absolute atomic E-state index is 12.4. The number of rotatable bonds is 3. The van der Waals surface area contributed by atoms with Crippen LogP contribution >= 0.6 is 11.6 Å². The summed E-state index contributed by atoms with van der Waals surface area (Å²) >= 11 is 6.00. The van der Waals surface area contributed by atoms with Crippen molar-refractivity contribution in [3.8, 4) is 0 Å². The average molecular weight is 284 g/mol. The molecule has 1 aromatic rings. The monoisotopic (exact) mass is 283 g/mol. The van der Waals surface area contributed by atoms with Gasteiger partial charge in [0.1, 0.15) is 6.54 Å². The molecule has 104 valence electrons. The topological polar surface area (TPSA) is 57.6 Å². The summed E-state index contributed by atoms with van der Waals surface area (Å²) in [7, 11) is 0. The smallest absolute Gasteiger partial charge is 0.323 e. The summed E-state index contributed by atoms with van der Waals surface area (Å²) in [6, 6.07) is 4.97. The van der Waals surface area contributed by atoms with E-state index in [0.29, 0.717) is 10.6 Å². The van der Waals surface area contributed by atoms with E-state index < -0.39 is 11.5 Å². The Morgan fingerprint density at radius 1 is 1.32 bits per heavy atom. The molecule has 0 spiro atoms. The predicted octanol–water partition coefficient (Wildman–Crippen LogP) is 2.97. The molecule has 1 rings (SSSR count). The van der Waals surface area contributed by atoms with Crippen LogP contribution in [-0.2, 0) is 4.79 Å². The third kappa shape index (κ3) is 3.96. The zero-order chi connectivity index (χ0) is 14.8. The summed E-state index contributed by atoms with van der Waals surface area (Å²) in [4.78, 5) is 24.6. The molecule has 0 aliphatic carbocycles. The highest BCUT2D eigenvalue weighted by atomic mass is 35.5. The lowest BCUT2D eigenvalue weighted by molar-refractivity contribution is -0.138. The maximum Gasteiger partial charge on any atom is 0.323 e. The molecule has 0 atom stereocenters. The highest BCUT2D eigenvalue weighted by Gasteiger charge is 2.29.